The van der Waals surface area contributed by atoms with E-state index in [1.165, 1.54) is 10.5 Å². The number of amides is 2. The van der Waals surface area contributed by atoms with Gasteiger partial charge in [-0.05, 0) is 36.1 Å². The molecular weight excluding hydrogens is 344 g/mol. The Morgan fingerprint density at radius 1 is 0.962 bits per heavy atom. The average Bonchev–Trinajstić information content (AvgIpc) is 3.22. The Labute approximate surface area is 156 Å². The number of hydrogen-bond donors (Lipinski definition) is 0. The van der Waals surface area contributed by atoms with Gasteiger partial charge < -0.3 is 4.57 Å². The molecule has 1 fully saturated rings. The van der Waals surface area contributed by atoms with Crippen molar-refractivity contribution in [2.45, 2.75) is 25.9 Å². The molecule has 1 saturated heterocycles. The Morgan fingerprint density at radius 2 is 1.81 bits per heavy atom. The number of hydrogen-bond acceptors (Lipinski definition) is 3. The molecule has 4 rings (SSSR count). The van der Waals surface area contributed by atoms with E-state index in [4.69, 9.17) is 0 Å². The average molecular weight is 364 g/mol. The van der Waals surface area contributed by atoms with Crippen LogP contribution < -0.4 is 0 Å². The van der Waals surface area contributed by atoms with Crippen molar-refractivity contribution in [3.63, 3.8) is 0 Å². The first-order valence-electron chi connectivity index (χ1n) is 8.80. The number of thioether (sulfide) groups is 1. The number of fused-ring (bicyclic) bond motifs is 1. The fourth-order valence-corrected chi connectivity index (χ4v) is 4.15. The van der Waals surface area contributed by atoms with Gasteiger partial charge in [0.2, 0.25) is 5.91 Å². The van der Waals surface area contributed by atoms with Crippen LogP contribution in [0.25, 0.3) is 10.9 Å². The van der Waals surface area contributed by atoms with E-state index in [1.807, 2.05) is 18.2 Å². The lowest BCUT2D eigenvalue weighted by Gasteiger charge is -2.14. The SMILES string of the molecule is O=C1CSC(=O)N1Cc1cccc2c1ccn2CCCc1ccccc1. The van der Waals surface area contributed by atoms with Crippen molar-refractivity contribution in [3.05, 3.63) is 71.9 Å². The molecule has 26 heavy (non-hydrogen) atoms. The van der Waals surface area contributed by atoms with E-state index in [2.05, 4.69) is 47.2 Å². The summed E-state index contributed by atoms with van der Waals surface area (Å²) in [7, 11) is 0. The Morgan fingerprint density at radius 3 is 2.58 bits per heavy atom. The van der Waals surface area contributed by atoms with Gasteiger partial charge in [0.1, 0.15) is 0 Å². The van der Waals surface area contributed by atoms with E-state index in [1.54, 1.807) is 0 Å². The second-order valence-electron chi connectivity index (χ2n) is 6.48. The summed E-state index contributed by atoms with van der Waals surface area (Å²) in [6, 6.07) is 18.7. The topological polar surface area (TPSA) is 42.3 Å². The van der Waals surface area contributed by atoms with Crippen LogP contribution in [0.15, 0.2) is 60.8 Å². The highest BCUT2D eigenvalue weighted by molar-refractivity contribution is 8.14. The van der Waals surface area contributed by atoms with Crippen LogP contribution in [0.2, 0.25) is 0 Å². The quantitative estimate of drug-likeness (QED) is 0.648. The summed E-state index contributed by atoms with van der Waals surface area (Å²) in [5, 5.41) is 0.971. The van der Waals surface area contributed by atoms with Crippen LogP contribution in [-0.4, -0.2) is 26.4 Å². The number of aryl methyl sites for hydroxylation is 2. The standard InChI is InChI=1S/C21H20N2O2S/c24-20-15-26-21(25)23(20)14-17-9-4-10-19-18(17)11-13-22(19)12-5-8-16-6-2-1-3-7-16/h1-4,6-7,9-11,13H,5,8,12,14-15H2. The maximum Gasteiger partial charge on any atom is 0.289 e. The summed E-state index contributed by atoms with van der Waals surface area (Å²) in [5.41, 5.74) is 3.53. The predicted octanol–water partition coefficient (Wildman–Crippen LogP) is 4.47. The molecule has 0 spiro atoms. The number of rotatable bonds is 6. The van der Waals surface area contributed by atoms with Crippen LogP contribution in [0.3, 0.4) is 0 Å². The second kappa shape index (κ2) is 7.38. The molecule has 0 atom stereocenters. The minimum absolute atomic E-state index is 0.0979. The zero-order valence-electron chi connectivity index (χ0n) is 14.4. The third-order valence-electron chi connectivity index (χ3n) is 4.78. The number of nitrogens with zero attached hydrogens (tertiary/aromatic N) is 2. The minimum Gasteiger partial charge on any atom is -0.347 e. The number of carbonyl (C=O) groups is 2. The molecule has 3 aromatic rings. The Hall–Kier alpha value is -2.53. The molecule has 5 heteroatoms. The number of carbonyl (C=O) groups excluding carboxylic acids is 2. The Bertz CT molecular complexity index is 933. The molecule has 0 radical (unpaired) electrons. The van der Waals surface area contributed by atoms with Gasteiger partial charge in [-0.15, -0.1) is 0 Å². The zero-order valence-corrected chi connectivity index (χ0v) is 15.2. The van der Waals surface area contributed by atoms with Gasteiger partial charge in [-0.1, -0.05) is 54.2 Å². The van der Waals surface area contributed by atoms with E-state index < -0.39 is 0 Å². The molecule has 0 saturated carbocycles. The van der Waals surface area contributed by atoms with Crippen molar-refractivity contribution < 1.29 is 9.59 Å². The largest absolute Gasteiger partial charge is 0.347 e. The van der Waals surface area contributed by atoms with E-state index in [0.717, 1.165) is 47.6 Å². The molecule has 132 valence electrons. The third-order valence-corrected chi connectivity index (χ3v) is 5.64. The van der Waals surface area contributed by atoms with Crippen LogP contribution in [-0.2, 0) is 24.3 Å². The van der Waals surface area contributed by atoms with Gasteiger partial charge >= 0.3 is 0 Å². The second-order valence-corrected chi connectivity index (χ2v) is 7.41. The van der Waals surface area contributed by atoms with Gasteiger partial charge in [-0.3, -0.25) is 14.5 Å². The van der Waals surface area contributed by atoms with Crippen molar-refractivity contribution >= 4 is 33.8 Å². The molecule has 0 bridgehead atoms. The summed E-state index contributed by atoms with van der Waals surface area (Å²) < 4.78 is 2.25. The molecule has 1 aliphatic rings. The van der Waals surface area contributed by atoms with Crippen LogP contribution in [0.5, 0.6) is 0 Å². The van der Waals surface area contributed by atoms with Crippen LogP contribution >= 0.6 is 11.8 Å². The fourth-order valence-electron chi connectivity index (χ4n) is 3.42. The normalized spacial score (nSPS) is 14.5. The summed E-state index contributed by atoms with van der Waals surface area (Å²) in [5.74, 6) is 0.161. The van der Waals surface area contributed by atoms with E-state index >= 15 is 0 Å². The molecule has 4 nitrogen and oxygen atoms in total. The lowest BCUT2D eigenvalue weighted by Crippen LogP contribution is -2.27. The molecule has 2 amide bonds. The van der Waals surface area contributed by atoms with E-state index in [0.29, 0.717) is 6.54 Å². The number of benzene rings is 2. The fraction of sp³-hybridized carbons (Fsp3) is 0.238. The Balaban J connectivity index is 1.49. The van der Waals surface area contributed by atoms with Crippen molar-refractivity contribution in [1.82, 2.24) is 9.47 Å². The van der Waals surface area contributed by atoms with Gasteiger partial charge in [0.05, 0.1) is 12.3 Å². The summed E-state index contributed by atoms with van der Waals surface area (Å²) in [4.78, 5) is 25.1. The first kappa shape index (κ1) is 16.9. The maximum atomic E-state index is 11.9. The van der Waals surface area contributed by atoms with Gasteiger partial charge in [-0.25, -0.2) is 0 Å². The highest BCUT2D eigenvalue weighted by Gasteiger charge is 2.30. The lowest BCUT2D eigenvalue weighted by atomic mass is 10.1. The van der Waals surface area contributed by atoms with Gasteiger partial charge in [0, 0.05) is 23.6 Å². The van der Waals surface area contributed by atoms with Gasteiger partial charge in [0.25, 0.3) is 5.24 Å². The molecule has 0 unspecified atom stereocenters. The molecular formula is C21H20N2O2S. The molecule has 1 aromatic heterocycles. The highest BCUT2D eigenvalue weighted by atomic mass is 32.2. The van der Waals surface area contributed by atoms with Crippen molar-refractivity contribution in [1.29, 1.82) is 0 Å². The maximum absolute atomic E-state index is 11.9. The molecule has 1 aliphatic heterocycles. The zero-order chi connectivity index (χ0) is 17.9. The van der Waals surface area contributed by atoms with Crippen molar-refractivity contribution in [2.24, 2.45) is 0 Å². The lowest BCUT2D eigenvalue weighted by molar-refractivity contribution is -0.124. The number of aromatic nitrogens is 1. The van der Waals surface area contributed by atoms with Crippen LogP contribution in [0, 0.1) is 0 Å². The summed E-state index contributed by atoms with van der Waals surface area (Å²) >= 11 is 1.08. The van der Waals surface area contributed by atoms with Crippen molar-refractivity contribution in [2.75, 3.05) is 5.75 Å². The first-order valence-corrected chi connectivity index (χ1v) is 9.79. The van der Waals surface area contributed by atoms with Crippen LogP contribution in [0.4, 0.5) is 4.79 Å². The molecule has 0 N–H and O–H groups in total. The highest BCUT2D eigenvalue weighted by Crippen LogP contribution is 2.26. The smallest absolute Gasteiger partial charge is 0.289 e. The monoisotopic (exact) mass is 364 g/mol. The van der Waals surface area contributed by atoms with Crippen molar-refractivity contribution in [3.8, 4) is 0 Å². The van der Waals surface area contributed by atoms with Gasteiger partial charge in [-0.2, -0.15) is 0 Å². The first-order chi connectivity index (χ1) is 12.7. The summed E-state index contributed by atoms with van der Waals surface area (Å²) in [6.45, 7) is 1.30. The molecule has 2 heterocycles. The summed E-state index contributed by atoms with van der Waals surface area (Å²) in [6.07, 6.45) is 4.22. The van der Waals surface area contributed by atoms with Crippen LogP contribution in [0.1, 0.15) is 17.5 Å². The molecule has 2 aromatic carbocycles. The molecule has 0 aliphatic carbocycles. The van der Waals surface area contributed by atoms with E-state index in [-0.39, 0.29) is 16.9 Å². The third kappa shape index (κ3) is 3.40. The Kier molecular flexibility index (Phi) is 4.80. The minimum atomic E-state index is -0.144. The number of imide groups is 1. The van der Waals surface area contributed by atoms with Gasteiger partial charge in [0.15, 0.2) is 0 Å². The predicted molar refractivity (Wildman–Crippen MR) is 105 cm³/mol. The van der Waals surface area contributed by atoms with E-state index in [9.17, 15) is 9.59 Å².